The van der Waals surface area contributed by atoms with Gasteiger partial charge in [-0.1, -0.05) is 6.07 Å². The second-order valence-electron chi connectivity index (χ2n) is 7.19. The second kappa shape index (κ2) is 6.20. The van der Waals surface area contributed by atoms with Crippen LogP contribution in [-0.4, -0.2) is 25.8 Å². The largest absolute Gasteiger partial charge is 0.392 e. The van der Waals surface area contributed by atoms with E-state index in [0.717, 1.165) is 30.2 Å². The number of aromatic nitrogens is 3. The Balaban J connectivity index is 1.52. The number of aliphatic hydroxyl groups excluding tert-OH is 1. The lowest BCUT2D eigenvalue weighted by Gasteiger charge is -2.07. The standard InChI is InChI=1S/C20H16F2N4O2/c21-12-2-3-16(15(22)7-12)26-19-13-5-11(13)6-14(19)18(25-26)20(28)24-17-4-1-10(9-27)8-23-17/h1-4,7-8,11,13,27H,5-6,9H2,(H,23,24,28)/t11-,13-/m0/s1. The fraction of sp³-hybridized carbons (Fsp3) is 0.250. The van der Waals surface area contributed by atoms with Gasteiger partial charge in [0, 0.05) is 23.7 Å². The number of halogens is 2. The van der Waals surface area contributed by atoms with Crippen LogP contribution in [0.4, 0.5) is 14.6 Å². The van der Waals surface area contributed by atoms with Crippen molar-refractivity contribution in [3.8, 4) is 5.69 Å². The van der Waals surface area contributed by atoms with E-state index in [9.17, 15) is 13.6 Å². The Morgan fingerprint density at radius 1 is 1.29 bits per heavy atom. The first-order valence-electron chi connectivity index (χ1n) is 8.99. The number of carbonyl (C=O) groups is 1. The number of carbonyl (C=O) groups excluding carboxylic acids is 1. The maximum Gasteiger partial charge on any atom is 0.277 e. The molecule has 2 atom stereocenters. The Morgan fingerprint density at radius 3 is 2.86 bits per heavy atom. The van der Waals surface area contributed by atoms with Crippen LogP contribution in [0, 0.1) is 17.6 Å². The molecule has 142 valence electrons. The monoisotopic (exact) mass is 382 g/mol. The molecule has 1 amide bonds. The predicted molar refractivity (Wildman–Crippen MR) is 96.1 cm³/mol. The molecule has 0 bridgehead atoms. The molecule has 8 heteroatoms. The van der Waals surface area contributed by atoms with Crippen LogP contribution in [0.3, 0.4) is 0 Å². The quantitative estimate of drug-likeness (QED) is 0.727. The molecule has 0 aliphatic heterocycles. The number of nitrogens with zero attached hydrogens (tertiary/aromatic N) is 3. The Bertz CT molecular complexity index is 1090. The molecule has 0 unspecified atom stereocenters. The molecular formula is C20H16F2N4O2. The lowest BCUT2D eigenvalue weighted by atomic mass is 10.1. The number of hydrogen-bond donors (Lipinski definition) is 2. The highest BCUT2D eigenvalue weighted by atomic mass is 19.1. The van der Waals surface area contributed by atoms with Crippen LogP contribution in [0.1, 0.15) is 39.6 Å². The normalized spacial score (nSPS) is 19.2. The van der Waals surface area contributed by atoms with Crippen molar-refractivity contribution in [1.29, 1.82) is 0 Å². The van der Waals surface area contributed by atoms with Crippen LogP contribution in [-0.2, 0) is 13.0 Å². The molecule has 2 heterocycles. The number of nitrogens with one attached hydrogen (secondary N) is 1. The van der Waals surface area contributed by atoms with Crippen molar-refractivity contribution >= 4 is 11.7 Å². The molecule has 1 saturated carbocycles. The fourth-order valence-corrected chi connectivity index (χ4v) is 3.90. The summed E-state index contributed by atoms with van der Waals surface area (Å²) in [4.78, 5) is 16.9. The maximum absolute atomic E-state index is 14.3. The molecular weight excluding hydrogens is 366 g/mol. The van der Waals surface area contributed by atoms with Gasteiger partial charge in [0.15, 0.2) is 11.5 Å². The molecule has 2 aliphatic rings. The summed E-state index contributed by atoms with van der Waals surface area (Å²) in [7, 11) is 0. The lowest BCUT2D eigenvalue weighted by Crippen LogP contribution is -2.16. The van der Waals surface area contributed by atoms with Crippen molar-refractivity contribution in [2.45, 2.75) is 25.4 Å². The molecule has 28 heavy (non-hydrogen) atoms. The van der Waals surface area contributed by atoms with Gasteiger partial charge in [-0.05, 0) is 42.5 Å². The number of fused-ring (bicyclic) bond motifs is 3. The topological polar surface area (TPSA) is 80.0 Å². The van der Waals surface area contributed by atoms with E-state index in [0.29, 0.717) is 17.3 Å². The third kappa shape index (κ3) is 2.68. The maximum atomic E-state index is 14.3. The number of hydrogen-bond acceptors (Lipinski definition) is 4. The van der Waals surface area contributed by atoms with Crippen molar-refractivity contribution in [3.63, 3.8) is 0 Å². The lowest BCUT2D eigenvalue weighted by molar-refractivity contribution is 0.102. The van der Waals surface area contributed by atoms with Gasteiger partial charge in [-0.25, -0.2) is 18.4 Å². The first-order chi connectivity index (χ1) is 13.5. The van der Waals surface area contributed by atoms with Gasteiger partial charge in [-0.15, -0.1) is 0 Å². The number of aliphatic hydroxyl groups is 1. The molecule has 5 rings (SSSR count). The predicted octanol–water partition coefficient (Wildman–Crippen LogP) is 2.95. The van der Waals surface area contributed by atoms with Crippen LogP contribution in [0.5, 0.6) is 0 Å². The SMILES string of the molecule is O=C(Nc1ccc(CO)cn1)c1nn(-c2ccc(F)cc2F)c2c1C[C@@H]1C[C@H]21. The third-order valence-electron chi connectivity index (χ3n) is 5.37. The zero-order valence-electron chi connectivity index (χ0n) is 14.7. The van der Waals surface area contributed by atoms with Gasteiger partial charge in [0.25, 0.3) is 5.91 Å². The van der Waals surface area contributed by atoms with E-state index < -0.39 is 17.5 Å². The van der Waals surface area contributed by atoms with Gasteiger partial charge in [0.2, 0.25) is 0 Å². The second-order valence-corrected chi connectivity index (χ2v) is 7.19. The van der Waals surface area contributed by atoms with Crippen molar-refractivity contribution in [3.05, 3.63) is 70.7 Å². The van der Waals surface area contributed by atoms with Crippen LogP contribution >= 0.6 is 0 Å². The first kappa shape index (κ1) is 17.0. The molecule has 1 aromatic carbocycles. The summed E-state index contributed by atoms with van der Waals surface area (Å²) < 4.78 is 29.1. The summed E-state index contributed by atoms with van der Waals surface area (Å²) in [6.45, 7) is -0.134. The van der Waals surface area contributed by atoms with Crippen molar-refractivity contribution in [1.82, 2.24) is 14.8 Å². The van der Waals surface area contributed by atoms with Gasteiger partial charge >= 0.3 is 0 Å². The molecule has 2 aromatic heterocycles. The minimum atomic E-state index is -0.720. The first-order valence-corrected chi connectivity index (χ1v) is 8.99. The average Bonchev–Trinajstić information content (AvgIpc) is 3.18. The van der Waals surface area contributed by atoms with Gasteiger partial charge in [0.1, 0.15) is 17.3 Å². The summed E-state index contributed by atoms with van der Waals surface area (Å²) in [5.41, 5.74) is 2.65. The van der Waals surface area contributed by atoms with Gasteiger partial charge < -0.3 is 10.4 Å². The minimum absolute atomic E-state index is 0.134. The van der Waals surface area contributed by atoms with Gasteiger partial charge in [-0.3, -0.25) is 4.79 Å². The fourth-order valence-electron chi connectivity index (χ4n) is 3.90. The molecule has 0 spiro atoms. The molecule has 0 saturated heterocycles. The minimum Gasteiger partial charge on any atom is -0.392 e. The Morgan fingerprint density at radius 2 is 2.14 bits per heavy atom. The number of anilines is 1. The van der Waals surface area contributed by atoms with Crippen LogP contribution in [0.2, 0.25) is 0 Å². The van der Waals surface area contributed by atoms with E-state index in [-0.39, 0.29) is 23.9 Å². The molecule has 2 aliphatic carbocycles. The number of amides is 1. The molecule has 6 nitrogen and oxygen atoms in total. The average molecular weight is 382 g/mol. The zero-order chi connectivity index (χ0) is 19.4. The summed E-state index contributed by atoms with van der Waals surface area (Å²) in [6.07, 6.45) is 3.19. The van der Waals surface area contributed by atoms with Gasteiger partial charge in [-0.2, -0.15) is 5.10 Å². The van der Waals surface area contributed by atoms with Crippen molar-refractivity contribution in [2.24, 2.45) is 5.92 Å². The smallest absolute Gasteiger partial charge is 0.277 e. The number of pyridine rings is 1. The van der Waals surface area contributed by atoms with Crippen LogP contribution in [0.15, 0.2) is 36.5 Å². The highest BCUT2D eigenvalue weighted by Crippen LogP contribution is 2.57. The van der Waals surface area contributed by atoms with Crippen LogP contribution < -0.4 is 5.32 Å². The Labute approximate surface area is 158 Å². The summed E-state index contributed by atoms with van der Waals surface area (Å²) >= 11 is 0. The van der Waals surface area contributed by atoms with E-state index >= 15 is 0 Å². The third-order valence-corrected chi connectivity index (χ3v) is 5.37. The highest BCUT2D eigenvalue weighted by Gasteiger charge is 2.50. The van der Waals surface area contributed by atoms with E-state index in [1.165, 1.54) is 23.0 Å². The van der Waals surface area contributed by atoms with E-state index in [1.807, 2.05) is 0 Å². The summed E-state index contributed by atoms with van der Waals surface area (Å²) in [5.74, 6) is -0.760. The molecule has 3 aromatic rings. The Kier molecular flexibility index (Phi) is 3.77. The van der Waals surface area contributed by atoms with Crippen molar-refractivity contribution in [2.75, 3.05) is 5.32 Å². The van der Waals surface area contributed by atoms with Crippen LogP contribution in [0.25, 0.3) is 5.69 Å². The number of rotatable bonds is 4. The van der Waals surface area contributed by atoms with Crippen molar-refractivity contribution < 1.29 is 18.7 Å². The van der Waals surface area contributed by atoms with E-state index in [2.05, 4.69) is 15.4 Å². The number of benzene rings is 1. The van der Waals surface area contributed by atoms with E-state index in [1.54, 1.807) is 12.1 Å². The molecule has 2 N–H and O–H groups in total. The Hall–Kier alpha value is -3.13. The summed E-state index contributed by atoms with van der Waals surface area (Å²) in [6, 6.07) is 6.59. The van der Waals surface area contributed by atoms with Gasteiger partial charge in [0.05, 0.1) is 12.3 Å². The van der Waals surface area contributed by atoms with E-state index in [4.69, 9.17) is 5.11 Å². The molecule has 1 fully saturated rings. The zero-order valence-corrected chi connectivity index (χ0v) is 14.7. The molecule has 0 radical (unpaired) electrons. The summed E-state index contributed by atoms with van der Waals surface area (Å²) in [5, 5.41) is 16.1. The highest BCUT2D eigenvalue weighted by molar-refractivity contribution is 6.03.